The summed E-state index contributed by atoms with van der Waals surface area (Å²) in [5.41, 5.74) is 10.3. The van der Waals surface area contributed by atoms with Crippen LogP contribution in [0.15, 0.2) is 73.1 Å². The van der Waals surface area contributed by atoms with Crippen LogP contribution in [0.25, 0.3) is 0 Å². The molecule has 0 unspecified atom stereocenters. The predicted molar refractivity (Wildman–Crippen MR) is 227 cm³/mol. The molecular formula is C48H74N2O2. The third-order valence-electron chi connectivity index (χ3n) is 9.22. The van der Waals surface area contributed by atoms with Gasteiger partial charge in [-0.05, 0) is 98.9 Å². The van der Waals surface area contributed by atoms with Crippen molar-refractivity contribution in [2.45, 2.75) is 158 Å². The lowest BCUT2D eigenvalue weighted by atomic mass is 9.96. The number of ether oxygens (including phenoxy) is 2. The molecule has 0 amide bonds. The molecule has 0 saturated heterocycles. The minimum absolute atomic E-state index is 0.408. The maximum Gasteiger partial charge on any atom is 0.140 e. The summed E-state index contributed by atoms with van der Waals surface area (Å²) >= 11 is 0. The molecule has 4 rings (SSSR count). The van der Waals surface area contributed by atoms with Gasteiger partial charge in [0.1, 0.15) is 11.5 Å². The van der Waals surface area contributed by atoms with Gasteiger partial charge in [0.2, 0.25) is 0 Å². The summed E-state index contributed by atoms with van der Waals surface area (Å²) in [5, 5.41) is 0. The molecule has 4 aromatic rings. The highest BCUT2D eigenvalue weighted by Crippen LogP contribution is 2.30. The molecular weight excluding hydrogens is 637 g/mol. The van der Waals surface area contributed by atoms with Gasteiger partial charge in [0.05, 0.1) is 19.9 Å². The Kier molecular flexibility index (Phi) is 20.6. The summed E-state index contributed by atoms with van der Waals surface area (Å²) in [6, 6.07) is 21.9. The molecule has 4 heteroatoms. The molecule has 52 heavy (non-hydrogen) atoms. The highest BCUT2D eigenvalue weighted by molar-refractivity contribution is 5.40. The zero-order valence-electron chi connectivity index (χ0n) is 36.3. The third kappa shape index (κ3) is 15.5. The molecule has 4 nitrogen and oxygen atoms in total. The molecule has 0 atom stereocenters. The van der Waals surface area contributed by atoms with Gasteiger partial charge in [0.15, 0.2) is 0 Å². The molecule has 0 aliphatic heterocycles. The van der Waals surface area contributed by atoms with Crippen LogP contribution < -0.4 is 9.47 Å². The van der Waals surface area contributed by atoms with E-state index in [2.05, 4.69) is 181 Å². The molecule has 0 bridgehead atoms. The van der Waals surface area contributed by atoms with Gasteiger partial charge in [0.25, 0.3) is 0 Å². The Labute approximate surface area is 320 Å². The molecule has 2 heterocycles. The van der Waals surface area contributed by atoms with E-state index in [-0.39, 0.29) is 0 Å². The normalized spacial score (nSPS) is 11.1. The Morgan fingerprint density at radius 1 is 0.365 bits per heavy atom. The van der Waals surface area contributed by atoms with Crippen LogP contribution in [-0.4, -0.2) is 24.2 Å². The molecule has 0 aliphatic rings. The van der Waals surface area contributed by atoms with E-state index in [0.29, 0.717) is 47.3 Å². The topological polar surface area (TPSA) is 44.2 Å². The summed E-state index contributed by atoms with van der Waals surface area (Å²) in [7, 11) is 3.44. The summed E-state index contributed by atoms with van der Waals surface area (Å²) in [5.74, 6) is 6.32. The van der Waals surface area contributed by atoms with Crippen LogP contribution in [0, 0.1) is 0 Å². The Balaban J connectivity index is 0.000000348. The molecule has 0 fully saturated rings. The zero-order valence-corrected chi connectivity index (χ0v) is 36.3. The average molecular weight is 711 g/mol. The van der Waals surface area contributed by atoms with Crippen LogP contribution in [0.2, 0.25) is 0 Å². The van der Waals surface area contributed by atoms with E-state index < -0.39 is 0 Å². The van der Waals surface area contributed by atoms with Gasteiger partial charge >= 0.3 is 0 Å². The summed E-state index contributed by atoms with van der Waals surface area (Å²) in [6.45, 7) is 34.9. The molecule has 0 spiro atoms. The van der Waals surface area contributed by atoms with Gasteiger partial charge in [-0.2, -0.15) is 0 Å². The number of rotatable bonds is 10. The minimum atomic E-state index is 0.408. The zero-order chi connectivity index (χ0) is 39.7. The van der Waals surface area contributed by atoms with Crippen LogP contribution in [0.1, 0.15) is 203 Å². The van der Waals surface area contributed by atoms with Crippen molar-refractivity contribution >= 4 is 0 Å². The molecule has 0 radical (unpaired) electrons. The van der Waals surface area contributed by atoms with Crippen LogP contribution >= 0.6 is 0 Å². The van der Waals surface area contributed by atoms with E-state index in [0.717, 1.165) is 17.2 Å². The van der Waals surface area contributed by atoms with E-state index >= 15 is 0 Å². The maximum atomic E-state index is 5.40. The number of nitrogens with zero attached hydrogens (tertiary/aromatic N) is 2. The van der Waals surface area contributed by atoms with Gasteiger partial charge in [0, 0.05) is 18.1 Å². The lowest BCUT2D eigenvalue weighted by Crippen LogP contribution is -2.00. The van der Waals surface area contributed by atoms with E-state index in [4.69, 9.17) is 9.47 Å². The number of hydrogen-bond donors (Lipinski definition) is 0. The first-order chi connectivity index (χ1) is 24.3. The quantitative estimate of drug-likeness (QED) is 0.164. The fraction of sp³-hybridized carbons (Fsp3) is 0.542. The highest BCUT2D eigenvalue weighted by atomic mass is 16.5. The molecule has 0 saturated carbocycles. The van der Waals surface area contributed by atoms with Crippen molar-refractivity contribution in [2.75, 3.05) is 14.2 Å². The van der Waals surface area contributed by atoms with Crippen molar-refractivity contribution in [3.63, 3.8) is 0 Å². The SMILES string of the molecule is CC(C)c1ccc(C(C)C)cc1.CC(C)c1ccc(C(C)C)nc1.COc1cc(C(C)C)ccc1C(C)C.COc1cc(C(C)C)cnc1C(C)C. The lowest BCUT2D eigenvalue weighted by molar-refractivity contribution is 0.403. The Morgan fingerprint density at radius 2 is 0.769 bits per heavy atom. The standard InChI is InChI=1S/C13H20O.C12H19NO.C12H18.C11H17N/c1-9(2)11-6-7-12(10(3)4)13(8-11)14-5;1-8(2)10-6-11(14-5)12(9(3)4)13-7-10;1-9(2)11-5-7-12(8-6-11)10(3)4;1-8(2)10-5-6-11(9(3)4)12-7-10/h6-10H,1-5H3;6-9H,1-5H3;5-10H,1-4H3;5-9H,1-4H3. The largest absolute Gasteiger partial charge is 0.496 e. The number of methoxy groups -OCH3 is 2. The number of hydrogen-bond acceptors (Lipinski definition) is 4. The van der Waals surface area contributed by atoms with Gasteiger partial charge in [-0.15, -0.1) is 0 Å². The van der Waals surface area contributed by atoms with Crippen molar-refractivity contribution in [1.29, 1.82) is 0 Å². The minimum Gasteiger partial charge on any atom is -0.496 e. The van der Waals surface area contributed by atoms with Crippen molar-refractivity contribution in [3.8, 4) is 11.5 Å². The average Bonchev–Trinajstić information content (AvgIpc) is 3.11. The predicted octanol–water partition coefficient (Wildman–Crippen LogP) is 14.5. The second-order valence-electron chi connectivity index (χ2n) is 16.3. The van der Waals surface area contributed by atoms with Crippen molar-refractivity contribution in [3.05, 3.63) is 118 Å². The molecule has 0 aliphatic carbocycles. The fourth-order valence-corrected chi connectivity index (χ4v) is 5.31. The Hall–Kier alpha value is -3.66. The first kappa shape index (κ1) is 46.4. The smallest absolute Gasteiger partial charge is 0.140 e. The first-order valence-corrected chi connectivity index (χ1v) is 19.6. The van der Waals surface area contributed by atoms with Crippen LogP contribution in [0.4, 0.5) is 0 Å². The second-order valence-corrected chi connectivity index (χ2v) is 16.3. The Bertz CT molecular complexity index is 1370. The summed E-state index contributed by atoms with van der Waals surface area (Å²) in [6.07, 6.45) is 3.93. The second kappa shape index (κ2) is 23.1. The molecule has 2 aromatic carbocycles. The monoisotopic (exact) mass is 711 g/mol. The number of pyridine rings is 2. The summed E-state index contributed by atoms with van der Waals surface area (Å²) in [4.78, 5) is 8.84. The van der Waals surface area contributed by atoms with E-state index in [1.54, 1.807) is 14.2 Å². The lowest BCUT2D eigenvalue weighted by Gasteiger charge is -2.14. The first-order valence-electron chi connectivity index (χ1n) is 19.6. The molecule has 288 valence electrons. The van der Waals surface area contributed by atoms with Crippen LogP contribution in [-0.2, 0) is 0 Å². The Morgan fingerprint density at radius 3 is 1.12 bits per heavy atom. The van der Waals surface area contributed by atoms with Crippen molar-refractivity contribution in [1.82, 2.24) is 9.97 Å². The van der Waals surface area contributed by atoms with E-state index in [1.165, 1.54) is 39.1 Å². The maximum absolute atomic E-state index is 5.40. The van der Waals surface area contributed by atoms with Crippen LogP contribution in [0.3, 0.4) is 0 Å². The fourth-order valence-electron chi connectivity index (χ4n) is 5.31. The van der Waals surface area contributed by atoms with E-state index in [9.17, 15) is 0 Å². The van der Waals surface area contributed by atoms with E-state index in [1.807, 2.05) is 12.4 Å². The van der Waals surface area contributed by atoms with Gasteiger partial charge in [-0.1, -0.05) is 153 Å². The van der Waals surface area contributed by atoms with Gasteiger partial charge < -0.3 is 9.47 Å². The van der Waals surface area contributed by atoms with Crippen molar-refractivity contribution < 1.29 is 9.47 Å². The highest BCUT2D eigenvalue weighted by Gasteiger charge is 2.11. The van der Waals surface area contributed by atoms with Crippen LogP contribution in [0.5, 0.6) is 11.5 Å². The number of benzene rings is 2. The molecule has 2 aromatic heterocycles. The third-order valence-corrected chi connectivity index (χ3v) is 9.22. The van der Waals surface area contributed by atoms with Gasteiger partial charge in [-0.3, -0.25) is 9.97 Å². The molecule has 0 N–H and O–H groups in total. The number of aromatic nitrogens is 2. The van der Waals surface area contributed by atoms with Gasteiger partial charge in [-0.25, -0.2) is 0 Å². The summed E-state index contributed by atoms with van der Waals surface area (Å²) < 4.78 is 10.7. The van der Waals surface area contributed by atoms with Crippen molar-refractivity contribution in [2.24, 2.45) is 0 Å².